The second-order valence-corrected chi connectivity index (χ2v) is 7.37. The number of benzene rings is 2. The van der Waals surface area contributed by atoms with Crippen LogP contribution < -0.4 is 0 Å². The summed E-state index contributed by atoms with van der Waals surface area (Å²) in [6, 6.07) is 19.4. The third kappa shape index (κ3) is 3.50. The molecule has 4 rings (SSSR count). The highest BCUT2D eigenvalue weighted by molar-refractivity contribution is 5.36. The molecular weight excluding hydrogens is 310 g/mol. The Bertz CT molecular complexity index is 692. The Morgan fingerprint density at radius 2 is 1.72 bits per heavy atom. The summed E-state index contributed by atoms with van der Waals surface area (Å²) >= 11 is 0. The first-order valence-corrected chi connectivity index (χ1v) is 9.42. The van der Waals surface area contributed by atoms with E-state index in [4.69, 9.17) is 4.74 Å². The summed E-state index contributed by atoms with van der Waals surface area (Å²) in [6.07, 6.45) is 3.84. The summed E-state index contributed by atoms with van der Waals surface area (Å²) in [5.74, 6) is 0. The predicted molar refractivity (Wildman–Crippen MR) is 99.4 cm³/mol. The highest BCUT2D eigenvalue weighted by atomic mass is 16.5. The fraction of sp³-hybridized carbons (Fsp3) is 0.455. The quantitative estimate of drug-likeness (QED) is 0.927. The van der Waals surface area contributed by atoms with Gasteiger partial charge in [0.2, 0.25) is 0 Å². The average Bonchev–Trinajstić information content (AvgIpc) is 2.65. The molecule has 132 valence electrons. The van der Waals surface area contributed by atoms with E-state index in [1.807, 2.05) is 0 Å². The molecule has 3 nitrogen and oxygen atoms in total. The van der Waals surface area contributed by atoms with Crippen molar-refractivity contribution in [2.45, 2.75) is 43.9 Å². The van der Waals surface area contributed by atoms with Crippen LogP contribution >= 0.6 is 0 Å². The highest BCUT2D eigenvalue weighted by Crippen LogP contribution is 2.44. The number of ether oxygens (including phenoxy) is 1. The van der Waals surface area contributed by atoms with Crippen molar-refractivity contribution in [2.24, 2.45) is 0 Å². The molecule has 0 bridgehead atoms. The van der Waals surface area contributed by atoms with E-state index >= 15 is 0 Å². The molecule has 25 heavy (non-hydrogen) atoms. The molecule has 0 radical (unpaired) electrons. The number of piperidine rings is 1. The van der Waals surface area contributed by atoms with Crippen molar-refractivity contribution in [1.29, 1.82) is 0 Å². The van der Waals surface area contributed by atoms with E-state index < -0.39 is 0 Å². The molecule has 3 heteroatoms. The smallest absolute Gasteiger partial charge is 0.0962 e. The maximum absolute atomic E-state index is 9.37. The molecule has 2 aliphatic heterocycles. The van der Waals surface area contributed by atoms with E-state index in [2.05, 4.69) is 59.5 Å². The molecule has 1 atom stereocenters. The number of likely N-dealkylation sites (tertiary alicyclic amines) is 1. The van der Waals surface area contributed by atoms with Crippen molar-refractivity contribution in [3.8, 4) is 0 Å². The first-order chi connectivity index (χ1) is 12.3. The molecule has 2 aliphatic rings. The minimum absolute atomic E-state index is 0.139. The molecule has 0 amide bonds. The van der Waals surface area contributed by atoms with Crippen LogP contribution in [-0.2, 0) is 23.3 Å². The van der Waals surface area contributed by atoms with Gasteiger partial charge < -0.3 is 9.84 Å². The van der Waals surface area contributed by atoms with Gasteiger partial charge in [0.05, 0.1) is 11.7 Å². The molecule has 1 saturated heterocycles. The van der Waals surface area contributed by atoms with Gasteiger partial charge in [-0.3, -0.25) is 4.90 Å². The molecular formula is C22H27NO2. The first-order valence-electron chi connectivity index (χ1n) is 9.42. The number of nitrogens with zero attached hydrogens (tertiary/aromatic N) is 1. The Labute approximate surface area is 150 Å². The molecule has 1 N–H and O–H groups in total. The Balaban J connectivity index is 1.50. The minimum atomic E-state index is -0.165. The van der Waals surface area contributed by atoms with Gasteiger partial charge in [-0.2, -0.15) is 0 Å². The van der Waals surface area contributed by atoms with Gasteiger partial charge in [0.15, 0.2) is 0 Å². The van der Waals surface area contributed by atoms with Gasteiger partial charge in [-0.15, -0.1) is 0 Å². The lowest BCUT2D eigenvalue weighted by Crippen LogP contribution is -2.48. The maximum Gasteiger partial charge on any atom is 0.0962 e. The van der Waals surface area contributed by atoms with Crippen LogP contribution in [0, 0.1) is 0 Å². The number of hydrogen-bond acceptors (Lipinski definition) is 3. The van der Waals surface area contributed by atoms with Gasteiger partial charge in [-0.25, -0.2) is 0 Å². The van der Waals surface area contributed by atoms with E-state index in [0.29, 0.717) is 0 Å². The number of fused-ring (bicyclic) bond motifs is 2. The van der Waals surface area contributed by atoms with E-state index in [-0.39, 0.29) is 18.3 Å². The van der Waals surface area contributed by atoms with Gasteiger partial charge in [-0.1, -0.05) is 54.6 Å². The van der Waals surface area contributed by atoms with E-state index in [1.54, 1.807) is 0 Å². The summed E-state index contributed by atoms with van der Waals surface area (Å²) in [5, 5.41) is 9.37. The standard InChI is InChI=1S/C22H27NO2/c24-15-10-20-16-19-8-4-5-9-21(19)22(25-20)11-13-23(14-12-22)17-18-6-2-1-3-7-18/h1-9,20,24H,10-17H2/t20-/m1/s1. The second-order valence-electron chi connectivity index (χ2n) is 7.37. The van der Waals surface area contributed by atoms with Gasteiger partial charge in [0, 0.05) is 26.2 Å². The zero-order chi connectivity index (χ0) is 17.1. The maximum atomic E-state index is 9.37. The molecule has 0 unspecified atom stereocenters. The van der Waals surface area contributed by atoms with Crippen molar-refractivity contribution in [3.63, 3.8) is 0 Å². The Morgan fingerprint density at radius 1 is 1.00 bits per heavy atom. The van der Waals surface area contributed by atoms with Gasteiger partial charge in [0.1, 0.15) is 0 Å². The normalized spacial score (nSPS) is 22.7. The van der Waals surface area contributed by atoms with Crippen LogP contribution in [0.25, 0.3) is 0 Å². The Morgan fingerprint density at radius 3 is 2.48 bits per heavy atom. The number of hydrogen-bond donors (Lipinski definition) is 1. The van der Waals surface area contributed by atoms with Gasteiger partial charge in [-0.05, 0) is 42.4 Å². The summed E-state index contributed by atoms with van der Waals surface area (Å²) < 4.78 is 6.59. The first kappa shape index (κ1) is 16.8. The third-order valence-corrected chi connectivity index (χ3v) is 5.71. The largest absolute Gasteiger partial charge is 0.396 e. The van der Waals surface area contributed by atoms with Gasteiger partial charge >= 0.3 is 0 Å². The molecule has 2 aromatic carbocycles. The fourth-order valence-corrected chi connectivity index (χ4v) is 4.42. The summed E-state index contributed by atoms with van der Waals surface area (Å²) in [7, 11) is 0. The molecule has 0 saturated carbocycles. The zero-order valence-electron chi connectivity index (χ0n) is 14.7. The van der Waals surface area contributed by atoms with Crippen LogP contribution in [0.4, 0.5) is 0 Å². The minimum Gasteiger partial charge on any atom is -0.396 e. The zero-order valence-corrected chi connectivity index (χ0v) is 14.7. The van der Waals surface area contributed by atoms with Crippen LogP contribution in [0.2, 0.25) is 0 Å². The van der Waals surface area contributed by atoms with Crippen LogP contribution in [0.15, 0.2) is 54.6 Å². The lowest BCUT2D eigenvalue weighted by atomic mass is 9.78. The molecule has 2 aromatic rings. The van der Waals surface area contributed by atoms with E-state index in [0.717, 1.165) is 45.3 Å². The topological polar surface area (TPSA) is 32.7 Å². The molecule has 0 aromatic heterocycles. The van der Waals surface area contributed by atoms with Crippen molar-refractivity contribution in [1.82, 2.24) is 4.90 Å². The summed E-state index contributed by atoms with van der Waals surface area (Å²) in [5.41, 5.74) is 4.00. The second kappa shape index (κ2) is 7.28. The lowest BCUT2D eigenvalue weighted by molar-refractivity contribution is -0.144. The van der Waals surface area contributed by atoms with Crippen LogP contribution in [-0.4, -0.2) is 35.8 Å². The van der Waals surface area contributed by atoms with Crippen molar-refractivity contribution < 1.29 is 9.84 Å². The van der Waals surface area contributed by atoms with Crippen LogP contribution in [0.5, 0.6) is 0 Å². The Kier molecular flexibility index (Phi) is 4.89. The number of aliphatic hydroxyl groups excluding tert-OH is 1. The lowest BCUT2D eigenvalue weighted by Gasteiger charge is -2.47. The van der Waals surface area contributed by atoms with Crippen molar-refractivity contribution in [3.05, 3.63) is 71.3 Å². The number of aliphatic hydroxyl groups is 1. The molecule has 1 spiro atoms. The van der Waals surface area contributed by atoms with Gasteiger partial charge in [0.25, 0.3) is 0 Å². The summed E-state index contributed by atoms with van der Waals surface area (Å²) in [4.78, 5) is 2.53. The van der Waals surface area contributed by atoms with Crippen molar-refractivity contribution >= 4 is 0 Å². The number of rotatable bonds is 4. The Hall–Kier alpha value is -1.68. The average molecular weight is 337 g/mol. The summed E-state index contributed by atoms with van der Waals surface area (Å²) in [6.45, 7) is 3.31. The highest BCUT2D eigenvalue weighted by Gasteiger charge is 2.43. The third-order valence-electron chi connectivity index (χ3n) is 5.71. The molecule has 0 aliphatic carbocycles. The monoisotopic (exact) mass is 337 g/mol. The van der Waals surface area contributed by atoms with Crippen LogP contribution in [0.1, 0.15) is 36.0 Å². The van der Waals surface area contributed by atoms with E-state index in [9.17, 15) is 5.11 Å². The SMILES string of the molecule is OCC[C@@H]1Cc2ccccc2C2(CCN(Cc3ccccc3)CC2)O1. The van der Waals surface area contributed by atoms with E-state index in [1.165, 1.54) is 16.7 Å². The molecule has 1 fully saturated rings. The molecule has 2 heterocycles. The van der Waals surface area contributed by atoms with Crippen molar-refractivity contribution in [2.75, 3.05) is 19.7 Å². The predicted octanol–water partition coefficient (Wildman–Crippen LogP) is 3.50. The van der Waals surface area contributed by atoms with Crippen LogP contribution in [0.3, 0.4) is 0 Å². The fourth-order valence-electron chi connectivity index (χ4n) is 4.42.